The van der Waals surface area contributed by atoms with Crippen LogP contribution in [0.25, 0.3) is 0 Å². The number of aliphatic hydroxyl groups is 1. The summed E-state index contributed by atoms with van der Waals surface area (Å²) in [5, 5.41) is 13.9. The molecule has 2 aromatic rings. The quantitative estimate of drug-likeness (QED) is 0.865. The van der Waals surface area contributed by atoms with Crippen molar-refractivity contribution in [3.63, 3.8) is 0 Å². The Hall–Kier alpha value is -1.19. The van der Waals surface area contributed by atoms with Gasteiger partial charge in [-0.1, -0.05) is 18.2 Å². The van der Waals surface area contributed by atoms with Crippen molar-refractivity contribution in [1.82, 2.24) is 0 Å². The normalized spacial score (nSPS) is 12.7. The Morgan fingerprint density at radius 2 is 2.19 bits per heavy atom. The summed E-state index contributed by atoms with van der Waals surface area (Å²) in [7, 11) is 0. The number of hydrogen-bond donors (Lipinski definition) is 1. The first-order valence-corrected chi connectivity index (χ1v) is 6.07. The van der Waals surface area contributed by atoms with Gasteiger partial charge in [0.1, 0.15) is 5.82 Å². The van der Waals surface area contributed by atoms with Gasteiger partial charge in [-0.3, -0.25) is 0 Å². The maximum Gasteiger partial charge on any atom is 0.131 e. The Labute approximate surface area is 98.2 Å². The monoisotopic (exact) mass is 236 g/mol. The number of rotatable bonds is 3. The first-order valence-electron chi connectivity index (χ1n) is 5.12. The van der Waals surface area contributed by atoms with E-state index in [0.29, 0.717) is 17.5 Å². The van der Waals surface area contributed by atoms with Gasteiger partial charge >= 0.3 is 0 Å². The molecule has 1 aromatic carbocycles. The lowest BCUT2D eigenvalue weighted by atomic mass is 10.0. The minimum Gasteiger partial charge on any atom is -0.388 e. The molecule has 0 saturated heterocycles. The summed E-state index contributed by atoms with van der Waals surface area (Å²) in [6, 6.07) is 7.06. The number of thiophene rings is 1. The van der Waals surface area contributed by atoms with Crippen molar-refractivity contribution < 1.29 is 9.50 Å². The molecular formula is C13H13FOS. The molecular weight excluding hydrogens is 223 g/mol. The number of halogens is 1. The molecule has 1 atom stereocenters. The van der Waals surface area contributed by atoms with Crippen LogP contribution in [-0.2, 0) is 6.42 Å². The molecule has 0 radical (unpaired) electrons. The molecule has 0 spiro atoms. The summed E-state index contributed by atoms with van der Waals surface area (Å²) in [4.78, 5) is 0. The first-order chi connectivity index (χ1) is 7.68. The summed E-state index contributed by atoms with van der Waals surface area (Å²) >= 11 is 1.58. The fraction of sp³-hybridized carbons (Fsp3) is 0.231. The second-order valence-electron chi connectivity index (χ2n) is 3.83. The van der Waals surface area contributed by atoms with E-state index in [4.69, 9.17) is 0 Å². The maximum atomic E-state index is 13.7. The number of benzene rings is 1. The van der Waals surface area contributed by atoms with Gasteiger partial charge < -0.3 is 5.11 Å². The van der Waals surface area contributed by atoms with Crippen LogP contribution in [0.5, 0.6) is 0 Å². The molecule has 16 heavy (non-hydrogen) atoms. The zero-order valence-electron chi connectivity index (χ0n) is 8.98. The molecule has 84 valence electrons. The van der Waals surface area contributed by atoms with E-state index < -0.39 is 6.10 Å². The second kappa shape index (κ2) is 4.76. The molecule has 1 aromatic heterocycles. The van der Waals surface area contributed by atoms with Gasteiger partial charge in [-0.15, -0.1) is 0 Å². The van der Waals surface area contributed by atoms with Crippen LogP contribution in [-0.4, -0.2) is 5.11 Å². The molecule has 1 heterocycles. The number of aryl methyl sites for hydroxylation is 1. The molecule has 0 aliphatic heterocycles. The maximum absolute atomic E-state index is 13.7. The summed E-state index contributed by atoms with van der Waals surface area (Å²) in [5.74, 6) is -0.301. The largest absolute Gasteiger partial charge is 0.388 e. The molecule has 0 aliphatic rings. The third-order valence-electron chi connectivity index (χ3n) is 2.59. The molecule has 1 N–H and O–H groups in total. The lowest BCUT2D eigenvalue weighted by molar-refractivity contribution is 0.173. The van der Waals surface area contributed by atoms with Crippen molar-refractivity contribution in [3.8, 4) is 0 Å². The van der Waals surface area contributed by atoms with Gasteiger partial charge in [0.15, 0.2) is 0 Å². The molecule has 0 fully saturated rings. The Morgan fingerprint density at radius 3 is 2.88 bits per heavy atom. The van der Waals surface area contributed by atoms with E-state index in [0.717, 1.165) is 5.56 Å². The van der Waals surface area contributed by atoms with Crippen LogP contribution < -0.4 is 0 Å². The summed E-state index contributed by atoms with van der Waals surface area (Å²) in [6.45, 7) is 1.70. The molecule has 0 amide bonds. The highest BCUT2D eigenvalue weighted by Crippen LogP contribution is 2.23. The van der Waals surface area contributed by atoms with Crippen molar-refractivity contribution in [2.24, 2.45) is 0 Å². The highest BCUT2D eigenvalue weighted by Gasteiger charge is 2.14. The highest BCUT2D eigenvalue weighted by molar-refractivity contribution is 7.07. The molecule has 2 rings (SSSR count). The predicted molar refractivity (Wildman–Crippen MR) is 64.1 cm³/mol. The van der Waals surface area contributed by atoms with Gasteiger partial charge in [0, 0.05) is 12.0 Å². The lowest BCUT2D eigenvalue weighted by Crippen LogP contribution is -2.04. The third-order valence-corrected chi connectivity index (χ3v) is 3.32. The minimum absolute atomic E-state index is 0.301. The Balaban J connectivity index is 2.21. The van der Waals surface area contributed by atoms with Crippen LogP contribution in [0.1, 0.15) is 22.8 Å². The zero-order valence-corrected chi connectivity index (χ0v) is 9.80. The number of hydrogen-bond acceptors (Lipinski definition) is 2. The van der Waals surface area contributed by atoms with Crippen LogP contribution in [0.2, 0.25) is 0 Å². The summed E-state index contributed by atoms with van der Waals surface area (Å²) in [6.07, 6.45) is -0.307. The topological polar surface area (TPSA) is 20.2 Å². The van der Waals surface area contributed by atoms with Gasteiger partial charge in [0.05, 0.1) is 6.10 Å². The zero-order chi connectivity index (χ0) is 11.5. The van der Waals surface area contributed by atoms with Crippen molar-refractivity contribution >= 4 is 11.3 Å². The van der Waals surface area contributed by atoms with Crippen LogP contribution in [0.15, 0.2) is 35.0 Å². The van der Waals surface area contributed by atoms with Crippen molar-refractivity contribution in [2.75, 3.05) is 0 Å². The van der Waals surface area contributed by atoms with Crippen LogP contribution in [0.3, 0.4) is 0 Å². The molecule has 1 unspecified atom stereocenters. The Morgan fingerprint density at radius 1 is 1.38 bits per heavy atom. The summed E-state index contributed by atoms with van der Waals surface area (Å²) in [5.41, 5.74) is 1.99. The smallest absolute Gasteiger partial charge is 0.131 e. The van der Waals surface area contributed by atoms with E-state index in [1.165, 1.54) is 0 Å². The van der Waals surface area contributed by atoms with E-state index in [-0.39, 0.29) is 5.82 Å². The van der Waals surface area contributed by atoms with E-state index in [9.17, 15) is 9.50 Å². The summed E-state index contributed by atoms with van der Waals surface area (Å²) < 4.78 is 13.7. The molecule has 0 saturated carbocycles. The first kappa shape index (κ1) is 11.3. The van der Waals surface area contributed by atoms with Crippen LogP contribution in [0, 0.1) is 12.7 Å². The predicted octanol–water partition coefficient (Wildman–Crippen LogP) is 3.47. The Bertz CT molecular complexity index is 465. The van der Waals surface area contributed by atoms with Gasteiger partial charge in [-0.25, -0.2) is 4.39 Å². The van der Waals surface area contributed by atoms with Gasteiger partial charge in [0.25, 0.3) is 0 Å². The van der Waals surface area contributed by atoms with Crippen molar-refractivity contribution in [1.29, 1.82) is 0 Å². The highest BCUT2D eigenvalue weighted by atomic mass is 32.1. The Kier molecular flexibility index (Phi) is 3.36. The SMILES string of the molecule is Cc1cccc(C(O)Cc2ccsc2)c1F. The van der Waals surface area contributed by atoms with Crippen LogP contribution >= 0.6 is 11.3 Å². The standard InChI is InChI=1S/C13H13FOS/c1-9-3-2-4-11(13(9)14)12(15)7-10-5-6-16-8-10/h2-6,8,12,15H,7H2,1H3. The fourth-order valence-corrected chi connectivity index (χ4v) is 2.35. The average Bonchev–Trinajstić information content (AvgIpc) is 2.74. The second-order valence-corrected chi connectivity index (χ2v) is 4.61. The molecule has 0 aliphatic carbocycles. The van der Waals surface area contributed by atoms with E-state index >= 15 is 0 Å². The molecule has 0 bridgehead atoms. The van der Waals surface area contributed by atoms with E-state index in [2.05, 4.69) is 0 Å². The van der Waals surface area contributed by atoms with E-state index in [1.807, 2.05) is 16.8 Å². The number of aliphatic hydroxyl groups excluding tert-OH is 1. The van der Waals surface area contributed by atoms with Gasteiger partial charge in [-0.05, 0) is 34.9 Å². The minimum atomic E-state index is -0.769. The van der Waals surface area contributed by atoms with Crippen LogP contribution in [0.4, 0.5) is 4.39 Å². The van der Waals surface area contributed by atoms with Crippen molar-refractivity contribution in [3.05, 3.63) is 57.5 Å². The van der Waals surface area contributed by atoms with Gasteiger partial charge in [0.2, 0.25) is 0 Å². The third kappa shape index (κ3) is 2.31. The van der Waals surface area contributed by atoms with E-state index in [1.54, 1.807) is 36.5 Å². The van der Waals surface area contributed by atoms with Crippen molar-refractivity contribution in [2.45, 2.75) is 19.4 Å². The molecule has 1 nitrogen and oxygen atoms in total. The lowest BCUT2D eigenvalue weighted by Gasteiger charge is -2.12. The van der Waals surface area contributed by atoms with Gasteiger partial charge in [-0.2, -0.15) is 11.3 Å². The fourth-order valence-electron chi connectivity index (χ4n) is 1.67. The average molecular weight is 236 g/mol. The molecule has 3 heteroatoms.